The van der Waals surface area contributed by atoms with Gasteiger partial charge < -0.3 is 15.2 Å². The van der Waals surface area contributed by atoms with Crippen LogP contribution >= 0.6 is 11.6 Å². The molecule has 0 spiro atoms. The molecule has 1 aliphatic heterocycles. The number of benzene rings is 1. The van der Waals surface area contributed by atoms with E-state index in [0.29, 0.717) is 11.6 Å². The Morgan fingerprint density at radius 1 is 1.56 bits per heavy atom. The molecule has 0 bridgehead atoms. The van der Waals surface area contributed by atoms with Gasteiger partial charge in [-0.25, -0.2) is 0 Å². The lowest BCUT2D eigenvalue weighted by Crippen LogP contribution is -2.24. The van der Waals surface area contributed by atoms with E-state index in [1.54, 1.807) is 0 Å². The highest BCUT2D eigenvalue weighted by molar-refractivity contribution is 6.32. The zero-order valence-electron chi connectivity index (χ0n) is 10.7. The fourth-order valence-corrected chi connectivity index (χ4v) is 2.48. The van der Waals surface area contributed by atoms with Crippen molar-refractivity contribution in [1.29, 1.82) is 0 Å². The minimum absolute atomic E-state index is 0.264. The van der Waals surface area contributed by atoms with Gasteiger partial charge in [-0.15, -0.1) is 0 Å². The summed E-state index contributed by atoms with van der Waals surface area (Å²) in [6.07, 6.45) is 2.54. The van der Waals surface area contributed by atoms with E-state index in [2.05, 4.69) is 11.4 Å². The maximum Gasteiger partial charge on any atom is 0.142 e. The quantitative estimate of drug-likeness (QED) is 0.883. The highest BCUT2D eigenvalue weighted by Gasteiger charge is 2.20. The van der Waals surface area contributed by atoms with E-state index >= 15 is 0 Å². The van der Waals surface area contributed by atoms with Crippen molar-refractivity contribution in [1.82, 2.24) is 5.32 Å². The molecule has 0 saturated carbocycles. The summed E-state index contributed by atoms with van der Waals surface area (Å²) in [4.78, 5) is 0. The van der Waals surface area contributed by atoms with Gasteiger partial charge in [-0.2, -0.15) is 0 Å². The van der Waals surface area contributed by atoms with Crippen LogP contribution in [-0.2, 0) is 0 Å². The van der Waals surface area contributed by atoms with Crippen molar-refractivity contribution in [2.24, 2.45) is 0 Å². The maximum atomic E-state index is 9.29. The van der Waals surface area contributed by atoms with Gasteiger partial charge in [0.1, 0.15) is 5.75 Å². The minimum atomic E-state index is -0.265. The number of halogens is 1. The molecule has 1 aliphatic rings. The summed E-state index contributed by atoms with van der Waals surface area (Å²) in [5.74, 6) is 0.811. The van der Waals surface area contributed by atoms with Gasteiger partial charge in [0.2, 0.25) is 0 Å². The Hall–Kier alpha value is -0.770. The number of hydrogen-bond acceptors (Lipinski definition) is 3. The molecule has 0 radical (unpaired) electrons. The second-order valence-corrected chi connectivity index (χ2v) is 5.20. The summed E-state index contributed by atoms with van der Waals surface area (Å²) in [5, 5.41) is 13.4. The first-order valence-corrected chi connectivity index (χ1v) is 6.89. The van der Waals surface area contributed by atoms with Gasteiger partial charge in [0.05, 0.1) is 17.7 Å². The number of nitrogens with one attached hydrogen (secondary N) is 1. The molecule has 100 valence electrons. The largest absolute Gasteiger partial charge is 0.492 e. The van der Waals surface area contributed by atoms with Gasteiger partial charge in [0.25, 0.3) is 0 Å². The minimum Gasteiger partial charge on any atom is -0.492 e. The average Bonchev–Trinajstić information content (AvgIpc) is 2.53. The Balaban J connectivity index is 2.10. The smallest absolute Gasteiger partial charge is 0.142 e. The Bertz CT molecular complexity index is 395. The van der Waals surface area contributed by atoms with E-state index in [9.17, 15) is 5.11 Å². The van der Waals surface area contributed by atoms with Crippen molar-refractivity contribution in [3.63, 3.8) is 0 Å². The number of aliphatic hydroxyl groups excluding tert-OH is 1. The van der Waals surface area contributed by atoms with Crippen LogP contribution in [0.15, 0.2) is 18.2 Å². The highest BCUT2D eigenvalue weighted by Crippen LogP contribution is 2.36. The molecule has 0 aliphatic carbocycles. The molecule has 0 fully saturated rings. The lowest BCUT2D eigenvalue weighted by Gasteiger charge is -2.19. The Labute approximate surface area is 113 Å². The first-order valence-electron chi connectivity index (χ1n) is 6.51. The monoisotopic (exact) mass is 269 g/mol. The van der Waals surface area contributed by atoms with E-state index in [1.807, 2.05) is 19.1 Å². The van der Waals surface area contributed by atoms with E-state index in [1.165, 1.54) is 0 Å². The van der Waals surface area contributed by atoms with Crippen LogP contribution < -0.4 is 10.1 Å². The van der Waals surface area contributed by atoms with Gasteiger partial charge in [-0.05, 0) is 38.8 Å². The van der Waals surface area contributed by atoms with E-state index in [4.69, 9.17) is 16.3 Å². The van der Waals surface area contributed by atoms with Gasteiger partial charge in [0.15, 0.2) is 0 Å². The fraction of sp³-hybridized carbons (Fsp3) is 0.571. The van der Waals surface area contributed by atoms with Crippen LogP contribution in [0.25, 0.3) is 0 Å². The van der Waals surface area contributed by atoms with Crippen molar-refractivity contribution in [3.8, 4) is 5.75 Å². The predicted octanol–water partition coefficient (Wildman–Crippen LogP) is 2.91. The topological polar surface area (TPSA) is 41.5 Å². The molecule has 0 aromatic heterocycles. The van der Waals surface area contributed by atoms with Crippen LogP contribution in [0.4, 0.5) is 0 Å². The number of aliphatic hydroxyl groups is 1. The number of rotatable bonds is 4. The fourth-order valence-electron chi connectivity index (χ4n) is 2.25. The summed E-state index contributed by atoms with van der Waals surface area (Å²) >= 11 is 6.17. The first-order chi connectivity index (χ1) is 8.68. The molecule has 1 aromatic rings. The molecule has 1 aromatic carbocycles. The molecule has 2 N–H and O–H groups in total. The molecule has 3 nitrogen and oxygen atoms in total. The van der Waals surface area contributed by atoms with Crippen LogP contribution in [0, 0.1) is 0 Å². The van der Waals surface area contributed by atoms with Gasteiger partial charge in [-0.1, -0.05) is 23.7 Å². The van der Waals surface area contributed by atoms with Crippen molar-refractivity contribution in [2.45, 2.75) is 38.3 Å². The Morgan fingerprint density at radius 3 is 3.17 bits per heavy atom. The first kappa shape index (κ1) is 13.7. The third kappa shape index (κ3) is 3.37. The van der Waals surface area contributed by atoms with Crippen molar-refractivity contribution < 1.29 is 9.84 Å². The zero-order chi connectivity index (χ0) is 13.0. The lowest BCUT2D eigenvalue weighted by atomic mass is 10.0. The normalized spacial score (nSPS) is 20.7. The zero-order valence-corrected chi connectivity index (χ0v) is 11.4. The third-order valence-electron chi connectivity index (χ3n) is 3.21. The van der Waals surface area contributed by atoms with Crippen molar-refractivity contribution in [3.05, 3.63) is 28.8 Å². The van der Waals surface area contributed by atoms with Crippen LogP contribution in [0.1, 0.15) is 37.8 Å². The van der Waals surface area contributed by atoms with E-state index in [-0.39, 0.29) is 12.1 Å². The van der Waals surface area contributed by atoms with Crippen LogP contribution in [0.3, 0.4) is 0 Å². The number of para-hydroxylation sites is 1. The summed E-state index contributed by atoms with van der Waals surface area (Å²) in [6.45, 7) is 3.32. The van der Waals surface area contributed by atoms with Crippen LogP contribution in [0.5, 0.6) is 5.75 Å². The standard InChI is InChI=1S/C14H20ClNO2/c1-10(17)7-8-16-13-6-3-9-18-14-11(13)4-2-5-12(14)15/h2,4-5,10,13,16-17H,3,6-9H2,1H3. The second kappa shape index (κ2) is 6.41. The number of fused-ring (bicyclic) bond motifs is 1. The molecule has 2 rings (SSSR count). The number of ether oxygens (including phenoxy) is 1. The Kier molecular flexibility index (Phi) is 4.87. The molecule has 2 atom stereocenters. The van der Waals surface area contributed by atoms with Crippen molar-refractivity contribution in [2.75, 3.05) is 13.2 Å². The second-order valence-electron chi connectivity index (χ2n) is 4.79. The molecular formula is C14H20ClNO2. The molecule has 0 saturated heterocycles. The van der Waals surface area contributed by atoms with Gasteiger partial charge in [-0.3, -0.25) is 0 Å². The third-order valence-corrected chi connectivity index (χ3v) is 3.51. The van der Waals surface area contributed by atoms with E-state index in [0.717, 1.165) is 37.1 Å². The molecule has 2 unspecified atom stereocenters. The average molecular weight is 270 g/mol. The van der Waals surface area contributed by atoms with Gasteiger partial charge in [0, 0.05) is 11.6 Å². The number of hydrogen-bond donors (Lipinski definition) is 2. The summed E-state index contributed by atoms with van der Waals surface area (Å²) < 4.78 is 5.72. The molecule has 1 heterocycles. The lowest BCUT2D eigenvalue weighted by molar-refractivity contribution is 0.182. The van der Waals surface area contributed by atoms with E-state index < -0.39 is 0 Å². The summed E-state index contributed by atoms with van der Waals surface area (Å²) in [5.41, 5.74) is 1.13. The highest BCUT2D eigenvalue weighted by atomic mass is 35.5. The van der Waals surface area contributed by atoms with Crippen LogP contribution in [0.2, 0.25) is 5.02 Å². The summed E-state index contributed by atoms with van der Waals surface area (Å²) in [7, 11) is 0. The Morgan fingerprint density at radius 2 is 2.39 bits per heavy atom. The molecule has 0 amide bonds. The predicted molar refractivity (Wildman–Crippen MR) is 73.2 cm³/mol. The summed E-state index contributed by atoms with van der Waals surface area (Å²) in [6, 6.07) is 6.14. The maximum absolute atomic E-state index is 9.29. The molecular weight excluding hydrogens is 250 g/mol. The SMILES string of the molecule is CC(O)CCNC1CCCOc2c(Cl)cccc21. The van der Waals surface area contributed by atoms with Crippen LogP contribution in [-0.4, -0.2) is 24.4 Å². The molecule has 18 heavy (non-hydrogen) atoms. The van der Waals surface area contributed by atoms with Gasteiger partial charge >= 0.3 is 0 Å². The molecule has 4 heteroatoms. The van der Waals surface area contributed by atoms with Crippen molar-refractivity contribution >= 4 is 11.6 Å².